The van der Waals surface area contributed by atoms with Crippen molar-refractivity contribution in [1.82, 2.24) is 4.98 Å². The van der Waals surface area contributed by atoms with Crippen molar-refractivity contribution in [2.45, 2.75) is 0 Å². The van der Waals surface area contributed by atoms with Gasteiger partial charge in [0.25, 0.3) is 0 Å². The fourth-order valence-electron chi connectivity index (χ4n) is 0.241. The zero-order chi connectivity index (χ0) is 6.24. The molecule has 4 heteroatoms. The number of rotatable bonds is 0. The molecule has 0 atom stereocenters. The van der Waals surface area contributed by atoms with Crippen molar-refractivity contribution < 1.29 is 10.1 Å². The van der Waals surface area contributed by atoms with Gasteiger partial charge in [0.15, 0.2) is 0 Å². The van der Waals surface area contributed by atoms with Gasteiger partial charge in [-0.1, -0.05) is 0 Å². The fourth-order valence-corrected chi connectivity index (χ4v) is 0.241. The molecule has 0 radical (unpaired) electrons. The summed E-state index contributed by atoms with van der Waals surface area (Å²) in [6.45, 7) is 0. The third-order valence-corrected chi connectivity index (χ3v) is 0.442. The molecule has 1 rings (SSSR count). The Hall–Kier alpha value is 1.36. The number of aromatic nitrogens is 1. The molecule has 8 heavy (non-hydrogen) atoms. The Balaban J connectivity index is 0.000000145. The maximum absolute atomic E-state index is 2.74. The number of nitrogens with one attached hydrogen (secondary N) is 1. The van der Waals surface area contributed by atoms with Crippen LogP contribution < -0.4 is 0 Å². The minimum atomic E-state index is 0.650. The van der Waals surface area contributed by atoms with Gasteiger partial charge >= 0.3 is 49.6 Å². The first-order valence-corrected chi connectivity index (χ1v) is 12.1. The first kappa shape index (κ1) is 9.36. The molecule has 0 fully saturated rings. The number of halogens is 2. The molecular formula is C4H4I2NRu-. The van der Waals surface area contributed by atoms with Crippen LogP contribution in [0.1, 0.15) is 0 Å². The summed E-state index contributed by atoms with van der Waals surface area (Å²) in [4.78, 5) is 2.74. The Labute approximate surface area is 78.0 Å². The van der Waals surface area contributed by atoms with Crippen molar-refractivity contribution in [3.63, 3.8) is 0 Å². The minimum Gasteiger partial charge on any atom is -0.484 e. The third kappa shape index (κ3) is 7.36. The summed E-state index contributed by atoms with van der Waals surface area (Å²) in [5.74, 6) is 0. The van der Waals surface area contributed by atoms with Gasteiger partial charge in [0.05, 0.1) is 0 Å². The van der Waals surface area contributed by atoms with E-state index in [0.717, 1.165) is 0 Å². The Kier molecular flexibility index (Phi) is 9.79. The van der Waals surface area contributed by atoms with Crippen LogP contribution in [0.15, 0.2) is 18.3 Å². The Morgan fingerprint density at radius 1 is 1.50 bits per heavy atom. The summed E-state index contributed by atoms with van der Waals surface area (Å²) in [6.07, 6.45) is 4.56. The number of hydrogen-bond acceptors (Lipinski definition) is 0. The molecule has 0 aliphatic carbocycles. The quantitative estimate of drug-likeness (QED) is 0.377. The molecule has 0 amide bonds. The van der Waals surface area contributed by atoms with E-state index in [9.17, 15) is 0 Å². The molecule has 1 heterocycles. The molecule has 1 aromatic rings. The monoisotopic (exact) mass is 422 g/mol. The van der Waals surface area contributed by atoms with Gasteiger partial charge < -0.3 is 4.98 Å². The number of hydrogen-bond donors (Lipinski definition) is 1. The summed E-state index contributed by atoms with van der Waals surface area (Å²) in [5.41, 5.74) is 0. The molecule has 0 bridgehead atoms. The van der Waals surface area contributed by atoms with E-state index in [1.54, 1.807) is 0 Å². The van der Waals surface area contributed by atoms with Crippen LogP contribution in [0.2, 0.25) is 0 Å². The first-order chi connectivity index (χ1) is 3.91. The number of H-pyrrole nitrogens is 1. The van der Waals surface area contributed by atoms with Crippen LogP contribution in [0.25, 0.3) is 0 Å². The molecule has 0 saturated heterocycles. The summed E-state index contributed by atoms with van der Waals surface area (Å²) < 4.78 is 0. The molecule has 0 aliphatic rings. The average molecular weight is 421 g/mol. The van der Waals surface area contributed by atoms with Gasteiger partial charge in [0.1, 0.15) is 0 Å². The average Bonchev–Trinajstić information content (AvgIpc) is 2.17. The summed E-state index contributed by atoms with van der Waals surface area (Å²) >= 11 is 4.73. The second kappa shape index (κ2) is 8.36. The summed E-state index contributed by atoms with van der Waals surface area (Å²) in [6, 6.07) is 3.71. The molecule has 48 valence electrons. The van der Waals surface area contributed by atoms with Crippen molar-refractivity contribution in [3.8, 4) is 0 Å². The standard InChI is InChI=1S/C4H4N.2HI.Ru/c1-2-4-5-3-1;;;/h1-3,5H;2*1H;/q-1;;;+2/p-2. The summed E-state index contributed by atoms with van der Waals surface area (Å²) in [7, 11) is 0.650. The fraction of sp³-hybridized carbons (Fsp3) is 0. The Bertz CT molecular complexity index is 80.9. The smallest absolute Gasteiger partial charge is 0.108 e. The molecule has 1 N–H and O–H groups in total. The van der Waals surface area contributed by atoms with E-state index in [2.05, 4.69) is 50.7 Å². The Morgan fingerprint density at radius 3 is 2.25 bits per heavy atom. The minimum absolute atomic E-state index is 0.650. The van der Waals surface area contributed by atoms with Gasteiger partial charge in [-0.25, -0.2) is 0 Å². The van der Waals surface area contributed by atoms with Gasteiger partial charge in [-0.2, -0.15) is 18.3 Å². The van der Waals surface area contributed by atoms with Crippen LogP contribution in [0.3, 0.4) is 0 Å². The largest absolute Gasteiger partial charge is 0.484 e. The maximum atomic E-state index is 2.74. The van der Waals surface area contributed by atoms with E-state index >= 15 is 0 Å². The zero-order valence-corrected chi connectivity index (χ0v) is 9.89. The van der Waals surface area contributed by atoms with E-state index in [-0.39, 0.29) is 0 Å². The van der Waals surface area contributed by atoms with Crippen molar-refractivity contribution in [2.75, 3.05) is 0 Å². The zero-order valence-electron chi connectivity index (χ0n) is 3.84. The maximum Gasteiger partial charge on any atom is -0.108 e. The van der Waals surface area contributed by atoms with Crippen molar-refractivity contribution in [2.24, 2.45) is 0 Å². The second-order valence-electron chi connectivity index (χ2n) is 0.865. The van der Waals surface area contributed by atoms with E-state index < -0.39 is 0 Å². The second-order valence-corrected chi connectivity index (χ2v) is 14.3. The normalized spacial score (nSPS) is 7.75. The third-order valence-electron chi connectivity index (χ3n) is 0.442. The van der Waals surface area contributed by atoms with E-state index in [4.69, 9.17) is 0 Å². The van der Waals surface area contributed by atoms with Gasteiger partial charge in [0, 0.05) is 0 Å². The Morgan fingerprint density at radius 2 is 2.12 bits per heavy atom. The van der Waals surface area contributed by atoms with Crippen LogP contribution in [0, 0.1) is 6.20 Å². The molecule has 0 unspecified atom stereocenters. The molecule has 0 aliphatic heterocycles. The van der Waals surface area contributed by atoms with Crippen molar-refractivity contribution >= 4 is 39.5 Å². The molecular weight excluding hydrogens is 417 g/mol. The summed E-state index contributed by atoms with van der Waals surface area (Å²) in [5, 5.41) is 0. The van der Waals surface area contributed by atoms with Crippen LogP contribution in [-0.2, 0) is 10.1 Å². The van der Waals surface area contributed by atoms with Gasteiger partial charge in [0.2, 0.25) is 0 Å². The molecule has 0 spiro atoms. The van der Waals surface area contributed by atoms with Crippen LogP contribution in [-0.4, -0.2) is 4.98 Å². The first-order valence-electron chi connectivity index (χ1n) is 1.76. The molecule has 1 nitrogen and oxygen atoms in total. The van der Waals surface area contributed by atoms with Crippen molar-refractivity contribution in [3.05, 3.63) is 24.5 Å². The van der Waals surface area contributed by atoms with Gasteiger partial charge in [-0.3, -0.25) is 0 Å². The molecule has 1 aromatic heterocycles. The van der Waals surface area contributed by atoms with Crippen molar-refractivity contribution in [1.29, 1.82) is 0 Å². The topological polar surface area (TPSA) is 15.8 Å². The van der Waals surface area contributed by atoms with E-state index in [1.165, 1.54) is 0 Å². The van der Waals surface area contributed by atoms with Crippen LogP contribution in [0.4, 0.5) is 0 Å². The van der Waals surface area contributed by atoms with Crippen LogP contribution in [0.5, 0.6) is 0 Å². The van der Waals surface area contributed by atoms with Crippen LogP contribution >= 0.6 is 39.5 Å². The van der Waals surface area contributed by atoms with E-state index in [0.29, 0.717) is 10.1 Å². The van der Waals surface area contributed by atoms with E-state index in [1.807, 2.05) is 18.3 Å². The SMILES string of the molecule is [I][Ru][I].[c-]1ccc[nH]1. The number of aromatic amines is 1. The molecule has 0 saturated carbocycles. The van der Waals surface area contributed by atoms with Gasteiger partial charge in [-0.05, 0) is 0 Å². The predicted molar refractivity (Wildman–Crippen MR) is 47.7 cm³/mol. The molecule has 0 aromatic carbocycles. The van der Waals surface area contributed by atoms with Gasteiger partial charge in [-0.15, -0.1) is 6.20 Å². The predicted octanol–water partition coefficient (Wildman–Crippen LogP) is 2.58.